The molecule has 0 aliphatic carbocycles. The minimum absolute atomic E-state index is 0.0122. The highest BCUT2D eigenvalue weighted by molar-refractivity contribution is 5.76. The summed E-state index contributed by atoms with van der Waals surface area (Å²) in [5.74, 6) is 0.679. The Kier molecular flexibility index (Phi) is 4.69. The van der Waals surface area contributed by atoms with Crippen LogP contribution in [-0.2, 0) is 13.0 Å². The SMILES string of the molecule is CN1CCN(CCn2ccnc2-c2ccc(CC(F)(F)F)cc2)C1=O. The fourth-order valence-electron chi connectivity index (χ4n) is 2.89. The number of halogens is 3. The molecule has 2 amide bonds. The molecule has 0 N–H and O–H groups in total. The lowest BCUT2D eigenvalue weighted by atomic mass is 10.1. The van der Waals surface area contributed by atoms with Gasteiger partial charge in [0, 0.05) is 51.2 Å². The van der Waals surface area contributed by atoms with Gasteiger partial charge < -0.3 is 14.4 Å². The number of hydrogen-bond donors (Lipinski definition) is 0. The molecule has 1 fully saturated rings. The molecule has 0 bridgehead atoms. The number of benzene rings is 1. The number of carbonyl (C=O) groups excluding carboxylic acids is 1. The molecule has 2 heterocycles. The fourth-order valence-corrected chi connectivity index (χ4v) is 2.89. The molecule has 0 atom stereocenters. The first-order chi connectivity index (χ1) is 11.8. The monoisotopic (exact) mass is 352 g/mol. The third kappa shape index (κ3) is 4.12. The van der Waals surface area contributed by atoms with Gasteiger partial charge in [0.05, 0.1) is 6.42 Å². The van der Waals surface area contributed by atoms with Gasteiger partial charge >= 0.3 is 12.2 Å². The predicted molar refractivity (Wildman–Crippen MR) is 87.0 cm³/mol. The molecular weight excluding hydrogens is 333 g/mol. The van der Waals surface area contributed by atoms with Crippen LogP contribution in [0, 0.1) is 0 Å². The average molecular weight is 352 g/mol. The van der Waals surface area contributed by atoms with Crippen LogP contribution >= 0.6 is 0 Å². The minimum Gasteiger partial charge on any atom is -0.329 e. The van der Waals surface area contributed by atoms with Crippen molar-refractivity contribution in [3.05, 3.63) is 42.2 Å². The van der Waals surface area contributed by atoms with E-state index in [1.54, 1.807) is 35.2 Å². The highest BCUT2D eigenvalue weighted by Crippen LogP contribution is 2.24. The second-order valence-electron chi connectivity index (χ2n) is 6.12. The standard InChI is InChI=1S/C17H19F3N4O/c1-22-8-9-24(16(22)25)11-10-23-7-6-21-15(23)14-4-2-13(3-5-14)12-17(18,19)20/h2-7H,8-12H2,1H3. The van der Waals surface area contributed by atoms with E-state index in [0.717, 1.165) is 12.1 Å². The molecule has 1 aliphatic heterocycles. The number of aromatic nitrogens is 2. The summed E-state index contributed by atoms with van der Waals surface area (Å²) >= 11 is 0. The number of amides is 2. The van der Waals surface area contributed by atoms with E-state index >= 15 is 0 Å². The van der Waals surface area contributed by atoms with E-state index in [9.17, 15) is 18.0 Å². The van der Waals surface area contributed by atoms with Crippen molar-refractivity contribution < 1.29 is 18.0 Å². The van der Waals surface area contributed by atoms with Crippen LogP contribution in [0.1, 0.15) is 5.56 Å². The predicted octanol–water partition coefficient (Wildman–Crippen LogP) is 3.02. The Hall–Kier alpha value is -2.51. The maximum atomic E-state index is 12.4. The highest BCUT2D eigenvalue weighted by atomic mass is 19.4. The molecule has 1 aromatic heterocycles. The van der Waals surface area contributed by atoms with Crippen LogP contribution in [0.2, 0.25) is 0 Å². The van der Waals surface area contributed by atoms with E-state index in [4.69, 9.17) is 0 Å². The molecule has 2 aromatic rings. The molecule has 0 saturated carbocycles. The number of hydrogen-bond acceptors (Lipinski definition) is 2. The summed E-state index contributed by atoms with van der Waals surface area (Å²) in [6.07, 6.45) is -1.69. The van der Waals surface area contributed by atoms with Gasteiger partial charge in [0.2, 0.25) is 0 Å². The van der Waals surface area contributed by atoms with Crippen LogP contribution in [0.25, 0.3) is 11.4 Å². The van der Waals surface area contributed by atoms with Gasteiger partial charge in [0.15, 0.2) is 0 Å². The maximum absolute atomic E-state index is 12.4. The molecule has 0 radical (unpaired) electrons. The third-order valence-electron chi connectivity index (χ3n) is 4.25. The van der Waals surface area contributed by atoms with Crippen LogP contribution in [0.5, 0.6) is 0 Å². The zero-order valence-corrected chi connectivity index (χ0v) is 13.8. The van der Waals surface area contributed by atoms with Gasteiger partial charge in [-0.3, -0.25) is 0 Å². The second-order valence-corrected chi connectivity index (χ2v) is 6.12. The van der Waals surface area contributed by atoms with E-state index in [1.807, 2.05) is 10.8 Å². The zero-order valence-electron chi connectivity index (χ0n) is 13.8. The van der Waals surface area contributed by atoms with Gasteiger partial charge in [0.1, 0.15) is 5.82 Å². The molecule has 25 heavy (non-hydrogen) atoms. The van der Waals surface area contributed by atoms with Gasteiger partial charge in [-0.05, 0) is 5.56 Å². The van der Waals surface area contributed by atoms with Crippen molar-refractivity contribution in [1.29, 1.82) is 0 Å². The average Bonchev–Trinajstić information content (AvgIpc) is 3.13. The van der Waals surface area contributed by atoms with Gasteiger partial charge in [-0.25, -0.2) is 9.78 Å². The van der Waals surface area contributed by atoms with E-state index < -0.39 is 12.6 Å². The minimum atomic E-state index is -4.21. The van der Waals surface area contributed by atoms with Crippen molar-refractivity contribution in [2.45, 2.75) is 19.1 Å². The summed E-state index contributed by atoms with van der Waals surface area (Å²) in [5.41, 5.74) is 0.973. The number of nitrogens with zero attached hydrogens (tertiary/aromatic N) is 4. The van der Waals surface area contributed by atoms with E-state index in [1.165, 1.54) is 12.1 Å². The number of imidazole rings is 1. The number of rotatable bonds is 5. The number of alkyl halides is 3. The molecular formula is C17H19F3N4O. The Morgan fingerprint density at radius 1 is 1.12 bits per heavy atom. The van der Waals surface area contributed by atoms with Gasteiger partial charge in [0.25, 0.3) is 0 Å². The van der Waals surface area contributed by atoms with Crippen LogP contribution < -0.4 is 0 Å². The van der Waals surface area contributed by atoms with Crippen molar-refractivity contribution in [3.8, 4) is 11.4 Å². The summed E-state index contributed by atoms with van der Waals surface area (Å²) in [7, 11) is 1.77. The molecule has 1 aromatic carbocycles. The number of urea groups is 1. The van der Waals surface area contributed by atoms with Crippen molar-refractivity contribution in [2.24, 2.45) is 0 Å². The van der Waals surface area contributed by atoms with E-state index in [0.29, 0.717) is 25.5 Å². The maximum Gasteiger partial charge on any atom is 0.393 e. The summed E-state index contributed by atoms with van der Waals surface area (Å²) in [4.78, 5) is 19.7. The second kappa shape index (κ2) is 6.78. The normalized spacial score (nSPS) is 15.3. The third-order valence-corrected chi connectivity index (χ3v) is 4.25. The molecule has 8 heteroatoms. The quantitative estimate of drug-likeness (QED) is 0.830. The van der Waals surface area contributed by atoms with E-state index in [-0.39, 0.29) is 11.6 Å². The largest absolute Gasteiger partial charge is 0.393 e. The molecule has 0 unspecified atom stereocenters. The summed E-state index contributed by atoms with van der Waals surface area (Å²) in [6.45, 7) is 2.57. The lowest BCUT2D eigenvalue weighted by Gasteiger charge is -2.17. The first-order valence-electron chi connectivity index (χ1n) is 8.01. The molecule has 1 saturated heterocycles. The van der Waals surface area contributed by atoms with Crippen LogP contribution in [0.3, 0.4) is 0 Å². The van der Waals surface area contributed by atoms with Gasteiger partial charge in [-0.1, -0.05) is 24.3 Å². The first-order valence-corrected chi connectivity index (χ1v) is 8.01. The van der Waals surface area contributed by atoms with Crippen LogP contribution in [-0.4, -0.2) is 58.2 Å². The smallest absolute Gasteiger partial charge is 0.329 e. The Morgan fingerprint density at radius 2 is 1.84 bits per heavy atom. The molecule has 3 rings (SSSR count). The van der Waals surface area contributed by atoms with Crippen molar-refractivity contribution >= 4 is 6.03 Å². The Balaban J connectivity index is 1.68. The lowest BCUT2D eigenvalue weighted by Crippen LogP contribution is -2.32. The highest BCUT2D eigenvalue weighted by Gasteiger charge is 2.27. The van der Waals surface area contributed by atoms with Crippen molar-refractivity contribution in [3.63, 3.8) is 0 Å². The van der Waals surface area contributed by atoms with Gasteiger partial charge in [-0.15, -0.1) is 0 Å². The summed E-state index contributed by atoms with van der Waals surface area (Å²) < 4.78 is 39.2. The Bertz CT molecular complexity index is 739. The van der Waals surface area contributed by atoms with Crippen molar-refractivity contribution in [2.75, 3.05) is 26.7 Å². The Labute approximate surface area is 143 Å². The summed E-state index contributed by atoms with van der Waals surface area (Å²) in [6, 6.07) is 6.25. The number of likely N-dealkylation sites (N-methyl/N-ethyl adjacent to an activating group) is 1. The van der Waals surface area contributed by atoms with Crippen LogP contribution in [0.4, 0.5) is 18.0 Å². The topological polar surface area (TPSA) is 41.4 Å². The fraction of sp³-hybridized carbons (Fsp3) is 0.412. The molecule has 5 nitrogen and oxygen atoms in total. The molecule has 134 valence electrons. The first kappa shape index (κ1) is 17.3. The van der Waals surface area contributed by atoms with Crippen LogP contribution in [0.15, 0.2) is 36.7 Å². The van der Waals surface area contributed by atoms with E-state index in [2.05, 4.69) is 4.98 Å². The molecule has 1 aliphatic rings. The summed E-state index contributed by atoms with van der Waals surface area (Å²) in [5, 5.41) is 0. The lowest BCUT2D eigenvalue weighted by molar-refractivity contribution is -0.127. The number of carbonyl (C=O) groups is 1. The zero-order chi connectivity index (χ0) is 18.0. The molecule has 0 spiro atoms. The van der Waals surface area contributed by atoms with Crippen molar-refractivity contribution in [1.82, 2.24) is 19.4 Å². The van der Waals surface area contributed by atoms with Gasteiger partial charge in [-0.2, -0.15) is 13.2 Å². The Morgan fingerprint density at radius 3 is 2.44 bits per heavy atom.